The summed E-state index contributed by atoms with van der Waals surface area (Å²) in [4.78, 5) is 12.5. The minimum absolute atomic E-state index is 0.0865. The van der Waals surface area contributed by atoms with Gasteiger partial charge in [0.05, 0.1) is 30.7 Å². The summed E-state index contributed by atoms with van der Waals surface area (Å²) in [7, 11) is 3.52. The molecule has 1 N–H and O–H groups in total. The molecule has 29 heavy (non-hydrogen) atoms. The van der Waals surface area contributed by atoms with E-state index in [9.17, 15) is 4.79 Å². The maximum atomic E-state index is 12.5. The number of para-hydroxylation sites is 1. The highest BCUT2D eigenvalue weighted by molar-refractivity contribution is 7.99. The Morgan fingerprint density at radius 2 is 2.03 bits per heavy atom. The molecule has 0 atom stereocenters. The van der Waals surface area contributed by atoms with Crippen molar-refractivity contribution in [1.82, 2.24) is 24.5 Å². The molecule has 0 aliphatic heterocycles. The van der Waals surface area contributed by atoms with E-state index < -0.39 is 0 Å². The number of aromatic nitrogens is 5. The number of carbonyl (C=O) groups excluding carboxylic acids is 1. The molecular formula is C20H24N6O2S. The largest absolute Gasteiger partial charge is 0.496 e. The summed E-state index contributed by atoms with van der Waals surface area (Å²) >= 11 is 1.35. The van der Waals surface area contributed by atoms with Crippen molar-refractivity contribution in [2.75, 3.05) is 18.2 Å². The number of rotatable bonds is 7. The van der Waals surface area contributed by atoms with Crippen molar-refractivity contribution in [3.05, 3.63) is 36.5 Å². The highest BCUT2D eigenvalue weighted by atomic mass is 32.2. The van der Waals surface area contributed by atoms with Crippen molar-refractivity contribution in [2.45, 2.75) is 36.9 Å². The molecule has 1 saturated carbocycles. The van der Waals surface area contributed by atoms with Gasteiger partial charge in [0, 0.05) is 13.1 Å². The van der Waals surface area contributed by atoms with Crippen LogP contribution in [0.3, 0.4) is 0 Å². The number of methoxy groups -OCH3 is 1. The van der Waals surface area contributed by atoms with Gasteiger partial charge in [-0.15, -0.1) is 10.2 Å². The van der Waals surface area contributed by atoms with Crippen LogP contribution in [0, 0.1) is 0 Å². The Hall–Kier alpha value is -2.81. The lowest BCUT2D eigenvalue weighted by Crippen LogP contribution is -2.19. The number of hydrogen-bond donors (Lipinski definition) is 1. The number of benzene rings is 1. The van der Waals surface area contributed by atoms with Gasteiger partial charge in [-0.1, -0.05) is 36.7 Å². The molecule has 4 rings (SSSR count). The number of amides is 1. The molecule has 152 valence electrons. The second-order valence-corrected chi connectivity index (χ2v) is 7.94. The molecule has 9 heteroatoms. The molecule has 0 saturated heterocycles. The van der Waals surface area contributed by atoms with E-state index in [1.165, 1.54) is 24.6 Å². The van der Waals surface area contributed by atoms with Gasteiger partial charge < -0.3 is 14.6 Å². The summed E-state index contributed by atoms with van der Waals surface area (Å²) < 4.78 is 9.23. The van der Waals surface area contributed by atoms with E-state index in [0.717, 1.165) is 30.0 Å². The van der Waals surface area contributed by atoms with E-state index in [0.29, 0.717) is 17.0 Å². The van der Waals surface area contributed by atoms with E-state index in [-0.39, 0.29) is 11.7 Å². The smallest absolute Gasteiger partial charge is 0.235 e. The molecule has 8 nitrogen and oxygen atoms in total. The quantitative estimate of drug-likeness (QED) is 0.598. The minimum Gasteiger partial charge on any atom is -0.496 e. The van der Waals surface area contributed by atoms with Crippen molar-refractivity contribution in [1.29, 1.82) is 0 Å². The Morgan fingerprint density at radius 1 is 1.24 bits per heavy atom. The molecular weight excluding hydrogens is 388 g/mol. The normalized spacial score (nSPS) is 14.3. The van der Waals surface area contributed by atoms with Crippen LogP contribution >= 0.6 is 11.8 Å². The highest BCUT2D eigenvalue weighted by Gasteiger charge is 2.21. The van der Waals surface area contributed by atoms with Gasteiger partial charge >= 0.3 is 0 Å². The first-order chi connectivity index (χ1) is 14.2. The van der Waals surface area contributed by atoms with Crippen molar-refractivity contribution < 1.29 is 9.53 Å². The number of ether oxygens (including phenoxy) is 1. The lowest BCUT2D eigenvalue weighted by Gasteiger charge is -2.14. The number of nitrogens with zero attached hydrogens (tertiary/aromatic N) is 5. The Balaban J connectivity index is 1.41. The molecule has 0 spiro atoms. The number of thioether (sulfide) groups is 1. The van der Waals surface area contributed by atoms with Crippen molar-refractivity contribution in [2.24, 2.45) is 7.05 Å². The summed E-state index contributed by atoms with van der Waals surface area (Å²) in [5.74, 6) is 2.35. The van der Waals surface area contributed by atoms with Gasteiger partial charge in [0.15, 0.2) is 11.0 Å². The summed E-state index contributed by atoms with van der Waals surface area (Å²) in [5.41, 5.74) is 0.863. The van der Waals surface area contributed by atoms with Gasteiger partial charge in [-0.25, -0.2) is 4.68 Å². The summed E-state index contributed by atoms with van der Waals surface area (Å²) in [5, 5.41) is 16.6. The predicted molar refractivity (Wildman–Crippen MR) is 112 cm³/mol. The third-order valence-electron chi connectivity index (χ3n) is 5.12. The van der Waals surface area contributed by atoms with E-state index in [4.69, 9.17) is 4.74 Å². The third kappa shape index (κ3) is 4.14. The van der Waals surface area contributed by atoms with E-state index >= 15 is 0 Å². The second kappa shape index (κ2) is 8.69. The van der Waals surface area contributed by atoms with E-state index in [1.807, 2.05) is 46.6 Å². The Labute approximate surface area is 173 Å². The SMILES string of the molecule is COc1ccccc1-c1nnc(SCC(=O)Nc2ccnn2C2CCCC2)n1C. The number of nitrogens with one attached hydrogen (secondary N) is 1. The first kappa shape index (κ1) is 19.5. The predicted octanol–water partition coefficient (Wildman–Crippen LogP) is 3.53. The fourth-order valence-corrected chi connectivity index (χ4v) is 4.38. The molecule has 1 fully saturated rings. The molecule has 2 heterocycles. The van der Waals surface area contributed by atoms with Crippen LogP contribution < -0.4 is 10.1 Å². The average Bonchev–Trinajstić information content (AvgIpc) is 3.48. The molecule has 3 aromatic rings. The molecule has 0 bridgehead atoms. The van der Waals surface area contributed by atoms with Crippen LogP contribution in [-0.4, -0.2) is 43.3 Å². The Kier molecular flexibility index (Phi) is 5.84. The summed E-state index contributed by atoms with van der Waals surface area (Å²) in [6, 6.07) is 9.90. The number of anilines is 1. The maximum Gasteiger partial charge on any atom is 0.235 e. The monoisotopic (exact) mass is 412 g/mol. The first-order valence-corrected chi connectivity index (χ1v) is 10.6. The van der Waals surface area contributed by atoms with Crippen LogP contribution in [0.25, 0.3) is 11.4 Å². The summed E-state index contributed by atoms with van der Waals surface area (Å²) in [6.07, 6.45) is 6.40. The Morgan fingerprint density at radius 3 is 2.83 bits per heavy atom. The van der Waals surface area contributed by atoms with Crippen LogP contribution in [0.4, 0.5) is 5.82 Å². The van der Waals surface area contributed by atoms with Gasteiger partial charge in [-0.2, -0.15) is 5.10 Å². The molecule has 0 radical (unpaired) electrons. The molecule has 1 aliphatic rings. The van der Waals surface area contributed by atoms with Gasteiger partial charge in [-0.3, -0.25) is 4.79 Å². The fraction of sp³-hybridized carbons (Fsp3) is 0.400. The van der Waals surface area contributed by atoms with Gasteiger partial charge in [0.2, 0.25) is 5.91 Å². The zero-order chi connectivity index (χ0) is 20.2. The fourth-order valence-electron chi connectivity index (χ4n) is 3.67. The van der Waals surface area contributed by atoms with Gasteiger partial charge in [0.25, 0.3) is 0 Å². The molecule has 0 unspecified atom stereocenters. The maximum absolute atomic E-state index is 12.5. The lowest BCUT2D eigenvalue weighted by molar-refractivity contribution is -0.113. The summed E-state index contributed by atoms with van der Waals surface area (Å²) in [6.45, 7) is 0. The van der Waals surface area contributed by atoms with E-state index in [2.05, 4.69) is 20.6 Å². The lowest BCUT2D eigenvalue weighted by atomic mass is 10.2. The topological polar surface area (TPSA) is 86.9 Å². The molecule has 2 aromatic heterocycles. The van der Waals surface area contributed by atoms with Gasteiger partial charge in [0.1, 0.15) is 11.6 Å². The zero-order valence-electron chi connectivity index (χ0n) is 16.5. The van der Waals surface area contributed by atoms with Crippen molar-refractivity contribution in [3.63, 3.8) is 0 Å². The number of carbonyl (C=O) groups is 1. The Bertz CT molecular complexity index is 993. The molecule has 1 aromatic carbocycles. The highest BCUT2D eigenvalue weighted by Crippen LogP contribution is 2.32. The molecule has 1 aliphatic carbocycles. The molecule has 1 amide bonds. The van der Waals surface area contributed by atoms with E-state index in [1.54, 1.807) is 13.3 Å². The van der Waals surface area contributed by atoms with Gasteiger partial charge in [-0.05, 0) is 25.0 Å². The van der Waals surface area contributed by atoms with Crippen LogP contribution in [-0.2, 0) is 11.8 Å². The van der Waals surface area contributed by atoms with Crippen LogP contribution in [0.5, 0.6) is 5.75 Å². The van der Waals surface area contributed by atoms with Crippen LogP contribution in [0.1, 0.15) is 31.7 Å². The second-order valence-electron chi connectivity index (χ2n) is 7.00. The minimum atomic E-state index is -0.0865. The first-order valence-electron chi connectivity index (χ1n) is 9.66. The van der Waals surface area contributed by atoms with Crippen molar-refractivity contribution >= 4 is 23.5 Å². The van der Waals surface area contributed by atoms with Crippen LogP contribution in [0.15, 0.2) is 41.7 Å². The zero-order valence-corrected chi connectivity index (χ0v) is 17.4. The standard InChI is InChI=1S/C20H24N6O2S/c1-25-19(15-9-5-6-10-16(15)28-2)23-24-20(25)29-13-18(27)22-17-11-12-21-26(17)14-7-3-4-8-14/h5-6,9-12,14H,3-4,7-8,13H2,1-2H3,(H,22,27). The van der Waals surface area contributed by atoms with Crippen LogP contribution in [0.2, 0.25) is 0 Å². The van der Waals surface area contributed by atoms with Crippen molar-refractivity contribution in [3.8, 4) is 17.1 Å². The third-order valence-corrected chi connectivity index (χ3v) is 6.14. The average molecular weight is 413 g/mol. The number of hydrogen-bond acceptors (Lipinski definition) is 6.